The van der Waals surface area contributed by atoms with Gasteiger partial charge in [-0.15, -0.1) is 0 Å². The lowest BCUT2D eigenvalue weighted by Crippen LogP contribution is -2.36. The highest BCUT2D eigenvalue weighted by Gasteiger charge is 2.27. The van der Waals surface area contributed by atoms with Gasteiger partial charge in [0, 0.05) is 6.54 Å². The Morgan fingerprint density at radius 3 is 2.50 bits per heavy atom. The molecule has 1 aromatic rings. The molecular weight excluding hydrogens is 237 g/mol. The van der Waals surface area contributed by atoms with E-state index in [-0.39, 0.29) is 12.4 Å². The third kappa shape index (κ3) is 3.51. The van der Waals surface area contributed by atoms with E-state index in [0.29, 0.717) is 18.7 Å². The summed E-state index contributed by atoms with van der Waals surface area (Å²) in [6, 6.07) is 5.09. The molecule has 0 spiro atoms. The Hall–Kier alpha value is -1.46. The van der Waals surface area contributed by atoms with Gasteiger partial charge in [-0.3, -0.25) is 4.90 Å². The van der Waals surface area contributed by atoms with Gasteiger partial charge in [-0.05, 0) is 24.2 Å². The maximum absolute atomic E-state index is 12.9. The Morgan fingerprint density at radius 1 is 1.44 bits per heavy atom. The topological polar surface area (TPSA) is 49.8 Å². The molecule has 0 aliphatic carbocycles. The van der Waals surface area contributed by atoms with E-state index in [9.17, 15) is 9.18 Å². The SMILES string of the molecule is CCN(CCO)C(C(=O)OC)c1ccc(F)cc1. The van der Waals surface area contributed by atoms with Crippen molar-refractivity contribution in [2.24, 2.45) is 0 Å². The molecule has 0 fully saturated rings. The lowest BCUT2D eigenvalue weighted by Gasteiger charge is -2.28. The summed E-state index contributed by atoms with van der Waals surface area (Å²) < 4.78 is 17.7. The first-order chi connectivity index (χ1) is 8.63. The summed E-state index contributed by atoms with van der Waals surface area (Å²) in [7, 11) is 1.31. The van der Waals surface area contributed by atoms with Crippen molar-refractivity contribution in [2.45, 2.75) is 13.0 Å². The van der Waals surface area contributed by atoms with E-state index >= 15 is 0 Å². The number of methoxy groups -OCH3 is 1. The number of aliphatic hydroxyl groups excluding tert-OH is 1. The second kappa shape index (κ2) is 7.08. The van der Waals surface area contributed by atoms with Gasteiger partial charge in [0.05, 0.1) is 13.7 Å². The van der Waals surface area contributed by atoms with Crippen LogP contribution in [-0.2, 0) is 9.53 Å². The number of rotatable bonds is 6. The summed E-state index contributed by atoms with van der Waals surface area (Å²) >= 11 is 0. The van der Waals surface area contributed by atoms with Crippen LogP contribution in [0.25, 0.3) is 0 Å². The van der Waals surface area contributed by atoms with Crippen molar-refractivity contribution >= 4 is 5.97 Å². The number of carbonyl (C=O) groups excluding carboxylic acids is 1. The van der Waals surface area contributed by atoms with E-state index in [4.69, 9.17) is 9.84 Å². The molecule has 100 valence electrons. The van der Waals surface area contributed by atoms with Crippen molar-refractivity contribution in [1.82, 2.24) is 4.90 Å². The van der Waals surface area contributed by atoms with Crippen molar-refractivity contribution in [1.29, 1.82) is 0 Å². The van der Waals surface area contributed by atoms with E-state index in [1.807, 2.05) is 6.92 Å². The minimum Gasteiger partial charge on any atom is -0.468 e. The van der Waals surface area contributed by atoms with Crippen LogP contribution in [0, 0.1) is 5.82 Å². The van der Waals surface area contributed by atoms with E-state index in [2.05, 4.69) is 0 Å². The van der Waals surface area contributed by atoms with E-state index in [1.54, 1.807) is 17.0 Å². The maximum atomic E-state index is 12.9. The summed E-state index contributed by atoms with van der Waals surface area (Å²) in [5, 5.41) is 9.01. The van der Waals surface area contributed by atoms with Crippen molar-refractivity contribution < 1.29 is 19.0 Å². The van der Waals surface area contributed by atoms with Crippen LogP contribution in [0.3, 0.4) is 0 Å². The number of carbonyl (C=O) groups is 1. The summed E-state index contributed by atoms with van der Waals surface area (Å²) in [4.78, 5) is 13.6. The van der Waals surface area contributed by atoms with Gasteiger partial charge in [-0.25, -0.2) is 9.18 Å². The molecule has 0 saturated heterocycles. The Kier molecular flexibility index (Phi) is 5.74. The molecule has 0 aromatic heterocycles. The molecular formula is C13H18FNO3. The normalized spacial score (nSPS) is 12.5. The molecule has 0 heterocycles. The van der Waals surface area contributed by atoms with Gasteiger partial charge in [0.15, 0.2) is 0 Å². The summed E-state index contributed by atoms with van der Waals surface area (Å²) in [5.74, 6) is -0.774. The molecule has 1 unspecified atom stereocenters. The van der Waals surface area contributed by atoms with E-state index < -0.39 is 12.0 Å². The number of esters is 1. The van der Waals surface area contributed by atoms with Crippen LogP contribution in [0.5, 0.6) is 0 Å². The average molecular weight is 255 g/mol. The fraction of sp³-hybridized carbons (Fsp3) is 0.462. The zero-order valence-corrected chi connectivity index (χ0v) is 10.6. The Bertz CT molecular complexity index is 380. The van der Waals surface area contributed by atoms with Crippen LogP contribution in [0.4, 0.5) is 4.39 Å². The van der Waals surface area contributed by atoms with Crippen molar-refractivity contribution in [3.63, 3.8) is 0 Å². The number of likely N-dealkylation sites (N-methyl/N-ethyl adjacent to an activating group) is 1. The number of benzene rings is 1. The molecule has 5 heteroatoms. The zero-order valence-electron chi connectivity index (χ0n) is 10.6. The first-order valence-electron chi connectivity index (χ1n) is 5.82. The fourth-order valence-corrected chi connectivity index (χ4v) is 1.85. The molecule has 0 bridgehead atoms. The Labute approximate surface area is 106 Å². The third-order valence-electron chi connectivity index (χ3n) is 2.77. The number of ether oxygens (including phenoxy) is 1. The monoisotopic (exact) mass is 255 g/mol. The number of hydrogen-bond donors (Lipinski definition) is 1. The predicted octanol–water partition coefficient (Wildman–Crippen LogP) is 1.35. The highest BCUT2D eigenvalue weighted by molar-refractivity contribution is 5.77. The minimum atomic E-state index is -0.618. The number of nitrogens with zero attached hydrogens (tertiary/aromatic N) is 1. The van der Waals surface area contributed by atoms with Crippen LogP contribution in [0.15, 0.2) is 24.3 Å². The molecule has 1 N–H and O–H groups in total. The van der Waals surface area contributed by atoms with Gasteiger partial charge in [-0.1, -0.05) is 19.1 Å². The first-order valence-corrected chi connectivity index (χ1v) is 5.82. The minimum absolute atomic E-state index is 0.0530. The van der Waals surface area contributed by atoms with Crippen LogP contribution in [0.2, 0.25) is 0 Å². The third-order valence-corrected chi connectivity index (χ3v) is 2.77. The van der Waals surface area contributed by atoms with Gasteiger partial charge in [-0.2, -0.15) is 0 Å². The lowest BCUT2D eigenvalue weighted by molar-refractivity contribution is -0.147. The number of aliphatic hydroxyl groups is 1. The van der Waals surface area contributed by atoms with Gasteiger partial charge in [0.1, 0.15) is 11.9 Å². The highest BCUT2D eigenvalue weighted by atomic mass is 19.1. The molecule has 0 aliphatic heterocycles. The first kappa shape index (κ1) is 14.6. The fourth-order valence-electron chi connectivity index (χ4n) is 1.85. The standard InChI is InChI=1S/C13H18FNO3/c1-3-15(8-9-16)12(13(17)18-2)10-4-6-11(14)7-5-10/h4-7,12,16H,3,8-9H2,1-2H3. The molecule has 4 nitrogen and oxygen atoms in total. The van der Waals surface area contributed by atoms with Crippen LogP contribution < -0.4 is 0 Å². The van der Waals surface area contributed by atoms with E-state index in [1.165, 1.54) is 19.2 Å². The zero-order chi connectivity index (χ0) is 13.5. The second-order valence-corrected chi connectivity index (χ2v) is 3.83. The summed E-state index contributed by atoms with van der Waals surface area (Å²) in [5.41, 5.74) is 0.651. The number of halogens is 1. The molecule has 18 heavy (non-hydrogen) atoms. The van der Waals surface area contributed by atoms with Gasteiger partial charge >= 0.3 is 5.97 Å². The molecule has 0 saturated carbocycles. The van der Waals surface area contributed by atoms with Crippen LogP contribution in [0.1, 0.15) is 18.5 Å². The van der Waals surface area contributed by atoms with Crippen molar-refractivity contribution in [2.75, 3.05) is 26.8 Å². The van der Waals surface area contributed by atoms with Crippen molar-refractivity contribution in [3.8, 4) is 0 Å². The molecule has 0 aliphatic rings. The van der Waals surface area contributed by atoms with Crippen molar-refractivity contribution in [3.05, 3.63) is 35.6 Å². The van der Waals surface area contributed by atoms with E-state index in [0.717, 1.165) is 0 Å². The number of hydrogen-bond acceptors (Lipinski definition) is 4. The molecule has 0 radical (unpaired) electrons. The molecule has 1 rings (SSSR count). The van der Waals surface area contributed by atoms with Crippen LogP contribution >= 0.6 is 0 Å². The maximum Gasteiger partial charge on any atom is 0.327 e. The smallest absolute Gasteiger partial charge is 0.327 e. The predicted molar refractivity (Wildman–Crippen MR) is 65.5 cm³/mol. The summed E-state index contributed by atoms with van der Waals surface area (Å²) in [6.45, 7) is 2.77. The lowest BCUT2D eigenvalue weighted by atomic mass is 10.1. The summed E-state index contributed by atoms with van der Waals surface area (Å²) in [6.07, 6.45) is 0. The van der Waals surface area contributed by atoms with Gasteiger partial charge < -0.3 is 9.84 Å². The molecule has 0 amide bonds. The highest BCUT2D eigenvalue weighted by Crippen LogP contribution is 2.22. The van der Waals surface area contributed by atoms with Crippen LogP contribution in [-0.4, -0.2) is 42.8 Å². The Balaban J connectivity index is 3.03. The average Bonchev–Trinajstić information content (AvgIpc) is 2.39. The van der Waals surface area contributed by atoms with Gasteiger partial charge in [0.2, 0.25) is 0 Å². The Morgan fingerprint density at radius 2 is 2.06 bits per heavy atom. The quantitative estimate of drug-likeness (QED) is 0.780. The largest absolute Gasteiger partial charge is 0.468 e. The molecule has 1 aromatic carbocycles. The molecule has 1 atom stereocenters. The second-order valence-electron chi connectivity index (χ2n) is 3.83. The van der Waals surface area contributed by atoms with Gasteiger partial charge in [0.25, 0.3) is 0 Å².